The molecule has 1 aromatic carbocycles. The summed E-state index contributed by atoms with van der Waals surface area (Å²) < 4.78 is 1.86. The second-order valence-electron chi connectivity index (χ2n) is 3.15. The lowest BCUT2D eigenvalue weighted by Gasteiger charge is -2.01. The van der Waals surface area contributed by atoms with Gasteiger partial charge in [0.2, 0.25) is 0 Å². The van der Waals surface area contributed by atoms with Crippen LogP contribution in [0.15, 0.2) is 24.4 Å². The highest BCUT2D eigenvalue weighted by Crippen LogP contribution is 2.18. The Balaban J connectivity index is 2.40. The van der Waals surface area contributed by atoms with Crippen molar-refractivity contribution in [2.24, 2.45) is 0 Å². The van der Waals surface area contributed by atoms with Crippen LogP contribution in [0.3, 0.4) is 0 Å². The third kappa shape index (κ3) is 1.74. The maximum absolute atomic E-state index is 8.72. The molecule has 0 atom stereocenters. The van der Waals surface area contributed by atoms with Gasteiger partial charge in [-0.1, -0.05) is 11.6 Å². The number of rotatable bonds is 3. The lowest BCUT2D eigenvalue weighted by atomic mass is 10.2. The number of halogens is 1. The normalized spacial score (nSPS) is 11.0. The third-order valence-corrected chi connectivity index (χ3v) is 2.37. The molecule has 0 aliphatic rings. The van der Waals surface area contributed by atoms with Gasteiger partial charge in [-0.3, -0.25) is 4.68 Å². The molecular formula is C10H11ClN2O. The van der Waals surface area contributed by atoms with Crippen molar-refractivity contribution in [1.82, 2.24) is 9.78 Å². The van der Waals surface area contributed by atoms with Crippen molar-refractivity contribution in [1.29, 1.82) is 0 Å². The molecule has 2 aromatic rings. The van der Waals surface area contributed by atoms with Crippen LogP contribution in [0.1, 0.15) is 6.42 Å². The van der Waals surface area contributed by atoms with E-state index in [2.05, 4.69) is 5.10 Å². The van der Waals surface area contributed by atoms with Crippen LogP contribution in [0, 0.1) is 0 Å². The molecule has 14 heavy (non-hydrogen) atoms. The summed E-state index contributed by atoms with van der Waals surface area (Å²) in [5, 5.41) is 14.7. The Bertz CT molecular complexity index is 439. The number of aliphatic hydroxyl groups excluding tert-OH is 1. The van der Waals surface area contributed by atoms with Crippen molar-refractivity contribution in [2.75, 3.05) is 6.61 Å². The van der Waals surface area contributed by atoms with Gasteiger partial charge in [-0.2, -0.15) is 5.10 Å². The van der Waals surface area contributed by atoms with E-state index in [1.54, 1.807) is 0 Å². The minimum Gasteiger partial charge on any atom is -0.396 e. The molecule has 2 rings (SSSR count). The lowest BCUT2D eigenvalue weighted by Crippen LogP contribution is -2.01. The van der Waals surface area contributed by atoms with Crippen LogP contribution in [-0.2, 0) is 6.54 Å². The summed E-state index contributed by atoms with van der Waals surface area (Å²) in [5.74, 6) is 0. The van der Waals surface area contributed by atoms with E-state index in [4.69, 9.17) is 16.7 Å². The molecule has 4 heteroatoms. The van der Waals surface area contributed by atoms with Crippen molar-refractivity contribution in [3.63, 3.8) is 0 Å². The van der Waals surface area contributed by atoms with E-state index in [0.29, 0.717) is 11.4 Å². The van der Waals surface area contributed by atoms with Crippen LogP contribution in [0.25, 0.3) is 10.9 Å². The van der Waals surface area contributed by atoms with E-state index in [-0.39, 0.29) is 6.61 Å². The van der Waals surface area contributed by atoms with Gasteiger partial charge in [-0.25, -0.2) is 0 Å². The molecule has 0 unspecified atom stereocenters. The van der Waals surface area contributed by atoms with Crippen LogP contribution in [0.2, 0.25) is 5.02 Å². The molecule has 1 heterocycles. The lowest BCUT2D eigenvalue weighted by molar-refractivity contribution is 0.278. The predicted octanol–water partition coefficient (Wildman–Crippen LogP) is 2.07. The smallest absolute Gasteiger partial charge is 0.0697 e. The number of aliphatic hydroxyl groups is 1. The van der Waals surface area contributed by atoms with E-state index in [9.17, 15) is 0 Å². The Morgan fingerprint density at radius 3 is 3.07 bits per heavy atom. The average molecular weight is 211 g/mol. The molecule has 0 saturated carbocycles. The van der Waals surface area contributed by atoms with Crippen LogP contribution in [-0.4, -0.2) is 21.5 Å². The van der Waals surface area contributed by atoms with E-state index >= 15 is 0 Å². The Hall–Kier alpha value is -1.06. The summed E-state index contributed by atoms with van der Waals surface area (Å²) in [5.41, 5.74) is 1.02. The molecule has 0 radical (unpaired) electrons. The molecule has 0 amide bonds. The maximum Gasteiger partial charge on any atom is 0.0697 e. The van der Waals surface area contributed by atoms with Crippen molar-refractivity contribution in [2.45, 2.75) is 13.0 Å². The van der Waals surface area contributed by atoms with E-state index in [0.717, 1.165) is 17.4 Å². The van der Waals surface area contributed by atoms with Gasteiger partial charge in [0.05, 0.1) is 11.7 Å². The third-order valence-electron chi connectivity index (χ3n) is 2.13. The SMILES string of the molecule is OCCCn1ncc2ccc(Cl)cc21. The van der Waals surface area contributed by atoms with Gasteiger partial charge in [0, 0.05) is 23.6 Å². The molecule has 0 aliphatic heterocycles. The van der Waals surface area contributed by atoms with Crippen molar-refractivity contribution >= 4 is 22.5 Å². The minimum atomic E-state index is 0.182. The Labute approximate surface area is 86.9 Å². The zero-order valence-corrected chi connectivity index (χ0v) is 8.41. The molecule has 1 N–H and O–H groups in total. The van der Waals surface area contributed by atoms with Crippen molar-refractivity contribution in [3.8, 4) is 0 Å². The summed E-state index contributed by atoms with van der Waals surface area (Å²) in [6, 6.07) is 5.68. The quantitative estimate of drug-likeness (QED) is 0.843. The molecule has 3 nitrogen and oxygen atoms in total. The largest absolute Gasteiger partial charge is 0.396 e. The van der Waals surface area contributed by atoms with Crippen LogP contribution in [0.5, 0.6) is 0 Å². The fourth-order valence-corrected chi connectivity index (χ4v) is 1.61. The van der Waals surface area contributed by atoms with Crippen LogP contribution in [0.4, 0.5) is 0 Å². The van der Waals surface area contributed by atoms with Crippen LogP contribution < -0.4 is 0 Å². The Kier molecular flexibility index (Phi) is 2.70. The second kappa shape index (κ2) is 3.98. The topological polar surface area (TPSA) is 38.0 Å². The molecule has 1 aromatic heterocycles. The molecule has 0 bridgehead atoms. The zero-order valence-electron chi connectivity index (χ0n) is 7.65. The number of aryl methyl sites for hydroxylation is 1. The Morgan fingerprint density at radius 2 is 2.29 bits per heavy atom. The highest BCUT2D eigenvalue weighted by atomic mass is 35.5. The number of benzene rings is 1. The standard InChI is InChI=1S/C10H11ClN2O/c11-9-3-2-8-7-12-13(4-1-5-14)10(8)6-9/h2-3,6-7,14H,1,4-5H2. The maximum atomic E-state index is 8.72. The first-order valence-electron chi connectivity index (χ1n) is 4.53. The van der Waals surface area contributed by atoms with E-state index < -0.39 is 0 Å². The molecule has 74 valence electrons. The summed E-state index contributed by atoms with van der Waals surface area (Å²) >= 11 is 5.89. The average Bonchev–Trinajstić information content (AvgIpc) is 2.57. The van der Waals surface area contributed by atoms with Crippen LogP contribution >= 0.6 is 11.6 Å². The number of nitrogens with zero attached hydrogens (tertiary/aromatic N) is 2. The highest BCUT2D eigenvalue weighted by molar-refractivity contribution is 6.31. The fraction of sp³-hybridized carbons (Fsp3) is 0.300. The van der Waals surface area contributed by atoms with Gasteiger partial charge < -0.3 is 5.11 Å². The van der Waals surface area contributed by atoms with Gasteiger partial charge >= 0.3 is 0 Å². The first kappa shape index (κ1) is 9.49. The van der Waals surface area contributed by atoms with E-state index in [1.165, 1.54) is 0 Å². The fourth-order valence-electron chi connectivity index (χ4n) is 1.44. The van der Waals surface area contributed by atoms with Crippen molar-refractivity contribution < 1.29 is 5.11 Å². The van der Waals surface area contributed by atoms with Gasteiger partial charge in [0.15, 0.2) is 0 Å². The molecule has 0 aliphatic carbocycles. The Morgan fingerprint density at radius 1 is 1.43 bits per heavy atom. The van der Waals surface area contributed by atoms with Gasteiger partial charge in [-0.15, -0.1) is 0 Å². The summed E-state index contributed by atoms with van der Waals surface area (Å²) in [6.45, 7) is 0.905. The molecule has 0 fully saturated rings. The zero-order chi connectivity index (χ0) is 9.97. The predicted molar refractivity (Wildman–Crippen MR) is 56.4 cm³/mol. The highest BCUT2D eigenvalue weighted by Gasteiger charge is 2.02. The minimum absolute atomic E-state index is 0.182. The van der Waals surface area contributed by atoms with Crippen molar-refractivity contribution in [3.05, 3.63) is 29.4 Å². The number of aromatic nitrogens is 2. The number of hydrogen-bond acceptors (Lipinski definition) is 2. The number of hydrogen-bond donors (Lipinski definition) is 1. The number of fused-ring (bicyclic) bond motifs is 1. The van der Waals surface area contributed by atoms with E-state index in [1.807, 2.05) is 29.1 Å². The molecule has 0 saturated heterocycles. The van der Waals surface area contributed by atoms with Gasteiger partial charge in [0.25, 0.3) is 0 Å². The first-order chi connectivity index (χ1) is 6.81. The monoisotopic (exact) mass is 210 g/mol. The molecular weight excluding hydrogens is 200 g/mol. The first-order valence-corrected chi connectivity index (χ1v) is 4.91. The summed E-state index contributed by atoms with van der Waals surface area (Å²) in [7, 11) is 0. The van der Waals surface area contributed by atoms with Gasteiger partial charge in [0.1, 0.15) is 0 Å². The van der Waals surface area contributed by atoms with Gasteiger partial charge in [-0.05, 0) is 24.6 Å². The second-order valence-corrected chi connectivity index (χ2v) is 3.58. The summed E-state index contributed by atoms with van der Waals surface area (Å²) in [4.78, 5) is 0. The summed E-state index contributed by atoms with van der Waals surface area (Å²) in [6.07, 6.45) is 2.52. The molecule has 0 spiro atoms.